The molecule has 0 saturated carbocycles. The maximum Gasteiger partial charge on any atom is 0.279 e. The summed E-state index contributed by atoms with van der Waals surface area (Å²) in [5.74, 6) is 0. The number of fused-ring (bicyclic) bond motifs is 1. The van der Waals surface area contributed by atoms with Gasteiger partial charge in [0.05, 0.1) is 11.7 Å². The molecule has 4 rings (SSSR count). The highest BCUT2D eigenvalue weighted by molar-refractivity contribution is 8.32. The van der Waals surface area contributed by atoms with Gasteiger partial charge in [0.15, 0.2) is 0 Å². The summed E-state index contributed by atoms with van der Waals surface area (Å²) in [5, 5.41) is 6.64. The van der Waals surface area contributed by atoms with Crippen LogP contribution in [0, 0.1) is 0 Å². The van der Waals surface area contributed by atoms with Crippen LogP contribution in [-0.2, 0) is 0 Å². The monoisotopic (exact) mass is 374 g/mol. The minimum Gasteiger partial charge on any atom is -0.361 e. The number of allylic oxidation sites excluding steroid dienone is 3. The van der Waals surface area contributed by atoms with Crippen LogP contribution in [0.4, 0.5) is 4.79 Å². The molecule has 0 aliphatic carbocycles. The maximum atomic E-state index is 13.4. The fraction of sp³-hybridized carbons (Fsp3) is 0.130. The van der Waals surface area contributed by atoms with Crippen molar-refractivity contribution in [2.75, 3.05) is 0 Å². The normalized spacial score (nSPS) is 18.9. The van der Waals surface area contributed by atoms with Crippen molar-refractivity contribution in [3.8, 4) is 0 Å². The van der Waals surface area contributed by atoms with Crippen LogP contribution in [0.5, 0.6) is 0 Å². The zero-order valence-corrected chi connectivity index (χ0v) is 16.0. The van der Waals surface area contributed by atoms with E-state index in [0.717, 1.165) is 33.0 Å². The Balaban J connectivity index is 1.71. The number of carbonyl (C=O) groups excluding carboxylic acids is 1. The van der Waals surface area contributed by atoms with Crippen LogP contribution in [0.3, 0.4) is 0 Å². The van der Waals surface area contributed by atoms with Crippen molar-refractivity contribution in [2.24, 2.45) is 0 Å². The molecule has 1 unspecified atom stereocenters. The predicted octanol–water partition coefficient (Wildman–Crippen LogP) is 5.24. The molecule has 2 aliphatic rings. The van der Waals surface area contributed by atoms with E-state index < -0.39 is 10.5 Å². The van der Waals surface area contributed by atoms with Gasteiger partial charge in [0.25, 0.3) is 5.24 Å². The van der Waals surface area contributed by atoms with Crippen molar-refractivity contribution < 1.29 is 4.79 Å². The summed E-state index contributed by atoms with van der Waals surface area (Å²) in [6, 6.07) is 20.4. The van der Waals surface area contributed by atoms with Gasteiger partial charge < -0.3 is 10.6 Å². The van der Waals surface area contributed by atoms with E-state index in [-0.39, 0.29) is 11.3 Å². The van der Waals surface area contributed by atoms with E-state index in [1.165, 1.54) is 0 Å². The third kappa shape index (κ3) is 3.53. The van der Waals surface area contributed by atoms with Gasteiger partial charge in [-0.1, -0.05) is 78.1 Å². The Kier molecular flexibility index (Phi) is 5.07. The number of rotatable bonds is 4. The second-order valence-electron chi connectivity index (χ2n) is 6.43. The lowest BCUT2D eigenvalue weighted by molar-refractivity contribution is 0.257. The molecule has 1 amide bonds. The van der Waals surface area contributed by atoms with Crippen molar-refractivity contribution in [1.82, 2.24) is 10.6 Å². The molecule has 0 fully saturated rings. The highest BCUT2D eigenvalue weighted by Crippen LogP contribution is 2.41. The first kappa shape index (κ1) is 17.6. The third-order valence-corrected chi connectivity index (χ3v) is 6.79. The minimum atomic E-state index is -0.652. The number of carbonyl (C=O) groups is 1. The van der Waals surface area contributed by atoms with Gasteiger partial charge in [0.2, 0.25) is 0 Å². The van der Waals surface area contributed by atoms with Crippen LogP contribution >= 0.6 is 10.5 Å². The van der Waals surface area contributed by atoms with Crippen LogP contribution in [0.15, 0.2) is 95.7 Å². The first-order valence-electron chi connectivity index (χ1n) is 9.15. The Morgan fingerprint density at radius 2 is 1.78 bits per heavy atom. The second-order valence-corrected chi connectivity index (χ2v) is 8.29. The molecule has 0 aromatic heterocycles. The molecule has 2 atom stereocenters. The molecule has 27 heavy (non-hydrogen) atoms. The number of hydrogen-bond acceptors (Lipinski definition) is 2. The summed E-state index contributed by atoms with van der Waals surface area (Å²) in [6.07, 6.45) is 8.87. The summed E-state index contributed by atoms with van der Waals surface area (Å²) in [5.41, 5.74) is 3.25. The lowest BCUT2D eigenvalue weighted by Gasteiger charge is -2.21. The van der Waals surface area contributed by atoms with E-state index in [9.17, 15) is 4.79 Å². The Labute approximate surface area is 162 Å². The fourth-order valence-electron chi connectivity index (χ4n) is 3.34. The summed E-state index contributed by atoms with van der Waals surface area (Å²) in [6.45, 7) is 2.10. The molecule has 0 saturated heterocycles. The number of benzene rings is 2. The van der Waals surface area contributed by atoms with Gasteiger partial charge in [-0.2, -0.15) is 0 Å². The van der Waals surface area contributed by atoms with E-state index in [4.69, 9.17) is 0 Å². The molecular formula is C23H22N2OS. The van der Waals surface area contributed by atoms with Crippen molar-refractivity contribution in [3.05, 3.63) is 107 Å². The average Bonchev–Trinajstić information content (AvgIpc) is 3.13. The lowest BCUT2D eigenvalue weighted by atomic mass is 10.1. The molecular weight excluding hydrogens is 352 g/mol. The van der Waals surface area contributed by atoms with Gasteiger partial charge in [-0.3, -0.25) is 4.79 Å². The third-order valence-electron chi connectivity index (χ3n) is 4.71. The summed E-state index contributed by atoms with van der Waals surface area (Å²) >= 11 is 0. The maximum absolute atomic E-state index is 13.4. The van der Waals surface area contributed by atoms with Crippen molar-refractivity contribution in [1.29, 1.82) is 0 Å². The number of amides is 1. The van der Waals surface area contributed by atoms with Gasteiger partial charge in [-0.05, 0) is 35.8 Å². The predicted molar refractivity (Wildman–Crippen MR) is 115 cm³/mol. The Hall–Kier alpha value is -2.85. The van der Waals surface area contributed by atoms with E-state index in [2.05, 4.69) is 47.9 Å². The van der Waals surface area contributed by atoms with Gasteiger partial charge in [0, 0.05) is 16.0 Å². The van der Waals surface area contributed by atoms with Crippen molar-refractivity contribution in [2.45, 2.75) is 19.4 Å². The first-order chi connectivity index (χ1) is 13.3. The molecule has 4 heteroatoms. The van der Waals surface area contributed by atoms with Crippen LogP contribution in [0.2, 0.25) is 0 Å². The molecule has 2 aromatic carbocycles. The molecule has 3 nitrogen and oxygen atoms in total. The molecule has 2 heterocycles. The van der Waals surface area contributed by atoms with Gasteiger partial charge in [0.1, 0.15) is 0 Å². The first-order valence-corrected chi connectivity index (χ1v) is 10.4. The second kappa shape index (κ2) is 7.80. The number of nitrogens with one attached hydrogen (secondary N) is 2. The molecule has 136 valence electrons. The Morgan fingerprint density at radius 3 is 2.48 bits per heavy atom. The highest BCUT2D eigenvalue weighted by atomic mass is 32.2. The van der Waals surface area contributed by atoms with Crippen LogP contribution in [0.25, 0.3) is 0 Å². The van der Waals surface area contributed by atoms with Crippen LogP contribution in [-0.4, -0.2) is 10.1 Å². The van der Waals surface area contributed by atoms with Gasteiger partial charge >= 0.3 is 0 Å². The quantitative estimate of drug-likeness (QED) is 0.719. The largest absolute Gasteiger partial charge is 0.361 e. The summed E-state index contributed by atoms with van der Waals surface area (Å²) in [7, 11) is -0.652. The van der Waals surface area contributed by atoms with Gasteiger partial charge in [-0.15, -0.1) is 0 Å². The van der Waals surface area contributed by atoms with Crippen LogP contribution < -0.4 is 10.6 Å². The molecule has 0 bridgehead atoms. The molecule has 2 aliphatic heterocycles. The fourth-order valence-corrected chi connectivity index (χ4v) is 5.40. The number of hydrogen-bond donors (Lipinski definition) is 2. The number of dihydropyridines is 1. The topological polar surface area (TPSA) is 41.1 Å². The van der Waals surface area contributed by atoms with E-state index in [0.29, 0.717) is 0 Å². The molecule has 0 spiro atoms. The molecule has 2 N–H and O–H groups in total. The average molecular weight is 375 g/mol. The Bertz CT molecular complexity index is 972. The smallest absolute Gasteiger partial charge is 0.279 e. The molecule has 0 radical (unpaired) electrons. The summed E-state index contributed by atoms with van der Waals surface area (Å²) in [4.78, 5) is 15.5. The zero-order valence-electron chi connectivity index (χ0n) is 15.2. The lowest BCUT2D eigenvalue weighted by Crippen LogP contribution is -2.26. The van der Waals surface area contributed by atoms with Crippen LogP contribution in [0.1, 0.15) is 30.5 Å². The zero-order chi connectivity index (χ0) is 18.6. The minimum absolute atomic E-state index is 0.0139. The van der Waals surface area contributed by atoms with Crippen molar-refractivity contribution >= 4 is 20.6 Å². The Morgan fingerprint density at radius 1 is 1.07 bits per heavy atom. The van der Waals surface area contributed by atoms with Crippen molar-refractivity contribution in [3.63, 3.8) is 0 Å². The van der Waals surface area contributed by atoms with E-state index in [1.54, 1.807) is 0 Å². The standard InChI is InChI=1S/C23H22N2OS/c1-2-19(17-10-5-3-6-11-17)25-23(26)27-21-14-9-15-24-20(21)16-22(27)18-12-7-4-8-13-18/h3-16,19,24H,2H2,1H3,(H,25,26)/t19-,27?/m0/s1. The van der Waals surface area contributed by atoms with Gasteiger partial charge in [-0.25, -0.2) is 0 Å². The van der Waals surface area contributed by atoms with E-state index in [1.807, 2.05) is 54.8 Å². The highest BCUT2D eigenvalue weighted by Gasteiger charge is 2.28. The SMILES string of the molecule is CC[C@H](NC(=O)S1=C(c2ccccc2)C=C2NC=CC=C21)c1ccccc1. The van der Waals surface area contributed by atoms with E-state index >= 15 is 0 Å². The summed E-state index contributed by atoms with van der Waals surface area (Å²) < 4.78 is 0. The molecule has 2 aromatic rings.